The Morgan fingerprint density at radius 2 is 2.00 bits per heavy atom. The molecule has 3 aliphatic heterocycles. The fourth-order valence-electron chi connectivity index (χ4n) is 4.98. The van der Waals surface area contributed by atoms with Crippen molar-refractivity contribution in [1.82, 2.24) is 0 Å². The van der Waals surface area contributed by atoms with Crippen LogP contribution in [0.4, 0.5) is 0 Å². The van der Waals surface area contributed by atoms with E-state index in [1.165, 1.54) is 0 Å². The van der Waals surface area contributed by atoms with Gasteiger partial charge in [-0.15, -0.1) is 0 Å². The van der Waals surface area contributed by atoms with E-state index in [4.69, 9.17) is 9.47 Å². The molecule has 106 valence electrons. The van der Waals surface area contributed by atoms with Crippen molar-refractivity contribution >= 4 is 0 Å². The molecule has 2 aliphatic carbocycles. The molecule has 3 saturated heterocycles. The molecule has 1 saturated carbocycles. The third-order valence-corrected chi connectivity index (χ3v) is 6.34. The molecular formula is C15H22O4. The largest absolute Gasteiger partial charge is 0.393 e. The third kappa shape index (κ3) is 1.20. The van der Waals surface area contributed by atoms with E-state index in [1.54, 1.807) is 0 Å². The highest BCUT2D eigenvalue weighted by atomic mass is 16.7. The van der Waals surface area contributed by atoms with E-state index >= 15 is 0 Å². The van der Waals surface area contributed by atoms with Crippen molar-refractivity contribution in [1.29, 1.82) is 0 Å². The molecule has 5 aliphatic rings. The monoisotopic (exact) mass is 266 g/mol. The van der Waals surface area contributed by atoms with Gasteiger partial charge in [-0.25, -0.2) is 0 Å². The van der Waals surface area contributed by atoms with Gasteiger partial charge in [-0.05, 0) is 26.2 Å². The summed E-state index contributed by atoms with van der Waals surface area (Å²) in [6.07, 6.45) is 7.27. The van der Waals surface area contributed by atoms with Crippen molar-refractivity contribution < 1.29 is 19.7 Å². The van der Waals surface area contributed by atoms with Crippen LogP contribution in [0.1, 0.15) is 39.5 Å². The number of aliphatic hydroxyl groups excluding tert-OH is 1. The van der Waals surface area contributed by atoms with Crippen LogP contribution in [0, 0.1) is 10.8 Å². The zero-order valence-corrected chi connectivity index (χ0v) is 11.6. The van der Waals surface area contributed by atoms with Gasteiger partial charge in [0.2, 0.25) is 0 Å². The van der Waals surface area contributed by atoms with Gasteiger partial charge in [-0.2, -0.15) is 0 Å². The van der Waals surface area contributed by atoms with Gasteiger partial charge in [0, 0.05) is 17.3 Å². The number of hydrogen-bond donors (Lipinski definition) is 2. The van der Waals surface area contributed by atoms with Crippen molar-refractivity contribution in [3.63, 3.8) is 0 Å². The SMILES string of the molecule is CC1(O)C=CC2(CC1)C1OC3CC(CO)(O1)C2(C)C3. The predicted molar refractivity (Wildman–Crippen MR) is 68.3 cm³/mol. The van der Waals surface area contributed by atoms with Crippen LogP contribution in [0.2, 0.25) is 0 Å². The van der Waals surface area contributed by atoms with Crippen LogP contribution >= 0.6 is 0 Å². The summed E-state index contributed by atoms with van der Waals surface area (Å²) >= 11 is 0. The normalized spacial score (nSPS) is 62.3. The standard InChI is InChI=1S/C15H22O4/c1-12(17)3-5-14(6-4-12)11-18-10-7-13(14,2)15(8-10,9-16)19-11/h3,5,10-11,16-17H,4,6-9H2,1-2H3. The highest BCUT2D eigenvalue weighted by Crippen LogP contribution is 2.72. The Kier molecular flexibility index (Phi) is 2.11. The van der Waals surface area contributed by atoms with Gasteiger partial charge in [0.1, 0.15) is 5.60 Å². The molecule has 3 heterocycles. The first-order chi connectivity index (χ1) is 8.87. The highest BCUT2D eigenvalue weighted by Gasteiger charge is 2.77. The lowest BCUT2D eigenvalue weighted by Crippen LogP contribution is -2.52. The molecule has 4 nitrogen and oxygen atoms in total. The molecule has 6 unspecified atom stereocenters. The third-order valence-electron chi connectivity index (χ3n) is 6.34. The lowest BCUT2D eigenvalue weighted by atomic mass is 9.55. The topological polar surface area (TPSA) is 58.9 Å². The van der Waals surface area contributed by atoms with E-state index in [2.05, 4.69) is 13.0 Å². The van der Waals surface area contributed by atoms with Crippen molar-refractivity contribution in [2.24, 2.45) is 10.8 Å². The summed E-state index contributed by atoms with van der Waals surface area (Å²) in [4.78, 5) is 0. The molecule has 2 N–H and O–H groups in total. The van der Waals surface area contributed by atoms with Gasteiger partial charge in [-0.1, -0.05) is 19.1 Å². The molecule has 4 heteroatoms. The quantitative estimate of drug-likeness (QED) is 0.704. The Balaban J connectivity index is 1.83. The average Bonchev–Trinajstić information content (AvgIpc) is 2.64. The Labute approximate surface area is 113 Å². The molecule has 0 aromatic heterocycles. The second kappa shape index (κ2) is 3.25. The number of aliphatic hydroxyl groups is 2. The number of ether oxygens (including phenoxy) is 2. The molecule has 0 aromatic carbocycles. The number of hydrogen-bond acceptors (Lipinski definition) is 4. The Morgan fingerprint density at radius 1 is 1.21 bits per heavy atom. The molecule has 6 atom stereocenters. The minimum atomic E-state index is -0.728. The predicted octanol–water partition coefficient (Wildman–Crippen LogP) is 1.36. The molecule has 0 amide bonds. The van der Waals surface area contributed by atoms with Crippen molar-refractivity contribution in [2.45, 2.75) is 63.1 Å². The number of rotatable bonds is 1. The summed E-state index contributed by atoms with van der Waals surface area (Å²) in [5.74, 6) is 0. The summed E-state index contributed by atoms with van der Waals surface area (Å²) < 4.78 is 12.2. The fraction of sp³-hybridized carbons (Fsp3) is 0.867. The Hall–Kier alpha value is -0.420. The van der Waals surface area contributed by atoms with Gasteiger partial charge in [-0.3, -0.25) is 0 Å². The van der Waals surface area contributed by atoms with Crippen LogP contribution in [0.15, 0.2) is 12.2 Å². The molecule has 19 heavy (non-hydrogen) atoms. The van der Waals surface area contributed by atoms with E-state index < -0.39 is 11.2 Å². The maximum absolute atomic E-state index is 10.1. The molecule has 0 aromatic rings. The zero-order chi connectivity index (χ0) is 13.5. The second-order valence-corrected chi connectivity index (χ2v) is 7.33. The van der Waals surface area contributed by atoms with Crippen LogP contribution in [-0.2, 0) is 9.47 Å². The highest BCUT2D eigenvalue weighted by molar-refractivity contribution is 5.30. The molecular weight excluding hydrogens is 244 g/mol. The van der Waals surface area contributed by atoms with E-state index in [-0.39, 0.29) is 29.8 Å². The van der Waals surface area contributed by atoms with Gasteiger partial charge in [0.05, 0.1) is 18.3 Å². The summed E-state index contributed by atoms with van der Waals surface area (Å²) in [6, 6.07) is 0. The molecule has 4 bridgehead atoms. The molecule has 5 rings (SSSR count). The van der Waals surface area contributed by atoms with Crippen LogP contribution in [0.25, 0.3) is 0 Å². The van der Waals surface area contributed by atoms with Gasteiger partial charge in [0.25, 0.3) is 0 Å². The van der Waals surface area contributed by atoms with Crippen LogP contribution in [0.5, 0.6) is 0 Å². The van der Waals surface area contributed by atoms with Gasteiger partial charge in [0.15, 0.2) is 6.29 Å². The van der Waals surface area contributed by atoms with E-state index in [1.807, 2.05) is 13.0 Å². The zero-order valence-electron chi connectivity index (χ0n) is 11.6. The first-order valence-electron chi connectivity index (χ1n) is 7.23. The van der Waals surface area contributed by atoms with Crippen LogP contribution < -0.4 is 0 Å². The van der Waals surface area contributed by atoms with E-state index in [0.29, 0.717) is 6.42 Å². The van der Waals surface area contributed by atoms with E-state index in [0.717, 1.165) is 19.3 Å². The summed E-state index contributed by atoms with van der Waals surface area (Å²) in [7, 11) is 0. The van der Waals surface area contributed by atoms with Crippen molar-refractivity contribution in [3.8, 4) is 0 Å². The van der Waals surface area contributed by atoms with Crippen LogP contribution in [-0.4, -0.2) is 40.4 Å². The lowest BCUT2D eigenvalue weighted by Gasteiger charge is -2.50. The average molecular weight is 266 g/mol. The maximum Gasteiger partial charge on any atom is 0.168 e. The molecule has 0 radical (unpaired) electrons. The van der Waals surface area contributed by atoms with E-state index in [9.17, 15) is 10.2 Å². The minimum Gasteiger partial charge on any atom is -0.393 e. The summed E-state index contributed by atoms with van der Waals surface area (Å²) in [6.45, 7) is 4.13. The first kappa shape index (κ1) is 12.3. The lowest BCUT2D eigenvalue weighted by molar-refractivity contribution is -0.261. The Bertz CT molecular complexity index is 459. The summed E-state index contributed by atoms with van der Waals surface area (Å²) in [5, 5.41) is 20.0. The summed E-state index contributed by atoms with van der Waals surface area (Å²) in [5.41, 5.74) is -1.46. The van der Waals surface area contributed by atoms with Gasteiger partial charge < -0.3 is 19.7 Å². The van der Waals surface area contributed by atoms with Crippen molar-refractivity contribution in [3.05, 3.63) is 12.2 Å². The Morgan fingerprint density at radius 3 is 2.63 bits per heavy atom. The smallest absolute Gasteiger partial charge is 0.168 e. The van der Waals surface area contributed by atoms with Crippen LogP contribution in [0.3, 0.4) is 0 Å². The molecule has 4 fully saturated rings. The maximum atomic E-state index is 10.1. The molecule has 1 spiro atoms. The van der Waals surface area contributed by atoms with Gasteiger partial charge >= 0.3 is 0 Å². The second-order valence-electron chi connectivity index (χ2n) is 7.33. The fourth-order valence-corrected chi connectivity index (χ4v) is 4.98. The first-order valence-corrected chi connectivity index (χ1v) is 7.23. The van der Waals surface area contributed by atoms with Crippen molar-refractivity contribution in [2.75, 3.05) is 6.61 Å². The minimum absolute atomic E-state index is 0.0614.